The van der Waals surface area contributed by atoms with Gasteiger partial charge in [-0.3, -0.25) is 10.8 Å². The van der Waals surface area contributed by atoms with Gasteiger partial charge in [-0.2, -0.15) is 10.4 Å². The predicted molar refractivity (Wildman–Crippen MR) is 83.1 cm³/mol. The Morgan fingerprint density at radius 2 is 2.19 bits per heavy atom. The van der Waals surface area contributed by atoms with Crippen molar-refractivity contribution in [3.8, 4) is 6.07 Å². The molecule has 0 atom stereocenters. The first kappa shape index (κ1) is 15.1. The maximum atomic E-state index is 8.85. The van der Waals surface area contributed by atoms with Gasteiger partial charge < -0.3 is 15.4 Å². The highest BCUT2D eigenvalue weighted by Crippen LogP contribution is 2.29. The smallest absolute Gasteiger partial charge is 0.201 e. The molecule has 1 aliphatic heterocycles. The summed E-state index contributed by atoms with van der Waals surface area (Å²) >= 11 is 6.00. The highest BCUT2D eigenvalue weighted by Gasteiger charge is 2.15. The maximum Gasteiger partial charge on any atom is 0.201 e. The standard InChI is InChI=1S/C13H15ClN6O/c14-9-1-2-12(20-3-5-21-6-4-20)10(7-9)18-19-11(8-15)13(16)17/h1-2,7,18H,3-6H2,(H3,16,17)/b19-11+. The van der Waals surface area contributed by atoms with Crippen molar-refractivity contribution >= 4 is 34.5 Å². The third-order valence-electron chi connectivity index (χ3n) is 2.96. The molecule has 0 unspecified atom stereocenters. The lowest BCUT2D eigenvalue weighted by atomic mass is 10.2. The normalized spacial score (nSPS) is 15.4. The molecule has 8 heteroatoms. The average molecular weight is 307 g/mol. The number of anilines is 2. The van der Waals surface area contributed by atoms with Crippen LogP contribution in [0.15, 0.2) is 23.3 Å². The number of rotatable bonds is 4. The Balaban J connectivity index is 2.27. The molecule has 0 bridgehead atoms. The van der Waals surface area contributed by atoms with Gasteiger partial charge in [-0.1, -0.05) is 11.6 Å². The Kier molecular flexibility index (Phi) is 4.98. The lowest BCUT2D eigenvalue weighted by molar-refractivity contribution is 0.123. The van der Waals surface area contributed by atoms with Crippen molar-refractivity contribution in [1.29, 1.82) is 10.7 Å². The molecule has 110 valence electrons. The van der Waals surface area contributed by atoms with Crippen LogP contribution >= 0.6 is 11.6 Å². The Labute approximate surface area is 127 Å². The number of hydrogen-bond donors (Lipinski definition) is 3. The molecule has 1 heterocycles. The minimum atomic E-state index is -0.389. The number of nitrogens with two attached hydrogens (primary N) is 1. The molecule has 0 saturated carbocycles. The van der Waals surface area contributed by atoms with Gasteiger partial charge in [0.1, 0.15) is 6.07 Å². The number of nitriles is 1. The second-order valence-corrected chi connectivity index (χ2v) is 4.80. The monoisotopic (exact) mass is 306 g/mol. The molecular formula is C13H15ClN6O. The summed E-state index contributed by atoms with van der Waals surface area (Å²) in [5.74, 6) is -0.389. The molecule has 1 aromatic carbocycles. The topological polar surface area (TPSA) is 111 Å². The van der Waals surface area contributed by atoms with Gasteiger partial charge in [0.25, 0.3) is 0 Å². The Morgan fingerprint density at radius 3 is 2.81 bits per heavy atom. The van der Waals surface area contributed by atoms with E-state index in [4.69, 9.17) is 32.7 Å². The third-order valence-corrected chi connectivity index (χ3v) is 3.19. The number of nitrogens with one attached hydrogen (secondary N) is 2. The molecule has 0 aliphatic carbocycles. The van der Waals surface area contributed by atoms with Gasteiger partial charge in [0.2, 0.25) is 5.71 Å². The molecule has 1 fully saturated rings. The molecule has 2 rings (SSSR count). The number of ether oxygens (including phenoxy) is 1. The largest absolute Gasteiger partial charge is 0.382 e. The molecule has 21 heavy (non-hydrogen) atoms. The number of amidine groups is 1. The average Bonchev–Trinajstić information content (AvgIpc) is 2.48. The molecule has 1 aromatic rings. The van der Waals surface area contributed by atoms with Crippen LogP contribution in [0.3, 0.4) is 0 Å². The molecule has 0 amide bonds. The maximum absolute atomic E-state index is 8.85. The number of hydrazone groups is 1. The molecule has 1 saturated heterocycles. The van der Waals surface area contributed by atoms with Crippen molar-refractivity contribution in [3.63, 3.8) is 0 Å². The molecular weight excluding hydrogens is 292 g/mol. The molecule has 0 aromatic heterocycles. The van der Waals surface area contributed by atoms with E-state index >= 15 is 0 Å². The van der Waals surface area contributed by atoms with Gasteiger partial charge in [0, 0.05) is 18.1 Å². The number of nitrogens with zero attached hydrogens (tertiary/aromatic N) is 3. The van der Waals surface area contributed by atoms with Crippen molar-refractivity contribution in [2.75, 3.05) is 36.6 Å². The van der Waals surface area contributed by atoms with E-state index in [1.54, 1.807) is 18.2 Å². The quantitative estimate of drug-likeness (QED) is 0.442. The van der Waals surface area contributed by atoms with Gasteiger partial charge >= 0.3 is 0 Å². The summed E-state index contributed by atoms with van der Waals surface area (Å²) in [6.45, 7) is 2.83. The van der Waals surface area contributed by atoms with Crippen molar-refractivity contribution < 1.29 is 4.74 Å². The Morgan fingerprint density at radius 1 is 1.48 bits per heavy atom. The molecule has 0 spiro atoms. The van der Waals surface area contributed by atoms with Gasteiger partial charge in [-0.05, 0) is 18.2 Å². The number of morpholine rings is 1. The van der Waals surface area contributed by atoms with Crippen LogP contribution in [-0.2, 0) is 4.74 Å². The van der Waals surface area contributed by atoms with Gasteiger partial charge in [0.15, 0.2) is 5.84 Å². The van der Waals surface area contributed by atoms with E-state index in [2.05, 4.69) is 15.4 Å². The zero-order chi connectivity index (χ0) is 15.2. The van der Waals surface area contributed by atoms with Crippen molar-refractivity contribution in [2.45, 2.75) is 0 Å². The highest BCUT2D eigenvalue weighted by molar-refractivity contribution is 6.45. The second kappa shape index (κ2) is 6.92. The van der Waals surface area contributed by atoms with Crippen LogP contribution in [0.25, 0.3) is 0 Å². The molecule has 0 radical (unpaired) electrons. The summed E-state index contributed by atoms with van der Waals surface area (Å²) in [5.41, 5.74) is 9.40. The SMILES string of the molecule is N#C/C(=N\Nc1cc(Cl)ccc1N1CCOCC1)C(=N)N. The van der Waals surface area contributed by atoms with E-state index in [1.165, 1.54) is 0 Å². The molecule has 7 nitrogen and oxygen atoms in total. The lowest BCUT2D eigenvalue weighted by Gasteiger charge is -2.30. The van der Waals surface area contributed by atoms with Gasteiger partial charge in [-0.25, -0.2) is 0 Å². The summed E-state index contributed by atoms with van der Waals surface area (Å²) in [6, 6.07) is 7.14. The van der Waals surface area contributed by atoms with E-state index in [9.17, 15) is 0 Å². The van der Waals surface area contributed by atoms with Crippen LogP contribution in [-0.4, -0.2) is 37.9 Å². The van der Waals surface area contributed by atoms with Crippen LogP contribution in [0.4, 0.5) is 11.4 Å². The van der Waals surface area contributed by atoms with E-state index in [0.29, 0.717) is 23.9 Å². The number of halogens is 1. The van der Waals surface area contributed by atoms with Crippen molar-refractivity contribution in [2.24, 2.45) is 10.8 Å². The van der Waals surface area contributed by atoms with E-state index < -0.39 is 0 Å². The summed E-state index contributed by atoms with van der Waals surface area (Å²) in [5, 5.41) is 20.5. The van der Waals surface area contributed by atoms with Crippen LogP contribution in [0.1, 0.15) is 0 Å². The second-order valence-electron chi connectivity index (χ2n) is 4.36. The lowest BCUT2D eigenvalue weighted by Crippen LogP contribution is -2.36. The number of benzene rings is 1. The first-order valence-electron chi connectivity index (χ1n) is 6.32. The predicted octanol–water partition coefficient (Wildman–Crippen LogP) is 1.40. The summed E-state index contributed by atoms with van der Waals surface area (Å²) in [7, 11) is 0. The van der Waals surface area contributed by atoms with Gasteiger partial charge in [-0.15, -0.1) is 0 Å². The van der Waals surface area contributed by atoms with Crippen LogP contribution in [0.2, 0.25) is 5.02 Å². The number of hydrogen-bond acceptors (Lipinski definition) is 6. The first-order chi connectivity index (χ1) is 10.1. The first-order valence-corrected chi connectivity index (χ1v) is 6.70. The zero-order valence-electron chi connectivity index (χ0n) is 11.3. The Bertz CT molecular complexity index is 603. The third kappa shape index (κ3) is 3.84. The summed E-state index contributed by atoms with van der Waals surface area (Å²) in [6.07, 6.45) is 0. The Hall–Kier alpha value is -2.30. The fraction of sp³-hybridized carbons (Fsp3) is 0.308. The van der Waals surface area contributed by atoms with E-state index in [-0.39, 0.29) is 11.5 Å². The molecule has 4 N–H and O–H groups in total. The summed E-state index contributed by atoms with van der Waals surface area (Å²) in [4.78, 5) is 2.14. The summed E-state index contributed by atoms with van der Waals surface area (Å²) < 4.78 is 5.33. The van der Waals surface area contributed by atoms with Crippen LogP contribution < -0.4 is 16.1 Å². The fourth-order valence-corrected chi connectivity index (χ4v) is 2.11. The van der Waals surface area contributed by atoms with Crippen LogP contribution in [0.5, 0.6) is 0 Å². The minimum Gasteiger partial charge on any atom is -0.382 e. The van der Waals surface area contributed by atoms with E-state index in [0.717, 1.165) is 18.8 Å². The fourth-order valence-electron chi connectivity index (χ4n) is 1.94. The van der Waals surface area contributed by atoms with E-state index in [1.807, 2.05) is 6.07 Å². The van der Waals surface area contributed by atoms with Crippen molar-refractivity contribution in [1.82, 2.24) is 0 Å². The highest BCUT2D eigenvalue weighted by atomic mass is 35.5. The van der Waals surface area contributed by atoms with Crippen molar-refractivity contribution in [3.05, 3.63) is 23.2 Å². The minimum absolute atomic E-state index is 0.178. The van der Waals surface area contributed by atoms with Crippen LogP contribution in [0, 0.1) is 16.7 Å². The zero-order valence-corrected chi connectivity index (χ0v) is 12.0. The molecule has 1 aliphatic rings. The van der Waals surface area contributed by atoms with Gasteiger partial charge in [0.05, 0.1) is 24.6 Å².